The van der Waals surface area contributed by atoms with E-state index in [2.05, 4.69) is 33.8 Å². The van der Waals surface area contributed by atoms with Crippen molar-refractivity contribution in [3.8, 4) is 5.75 Å². The minimum absolute atomic E-state index is 0.0304. The van der Waals surface area contributed by atoms with Crippen molar-refractivity contribution in [1.29, 1.82) is 0 Å². The second-order valence-corrected chi connectivity index (χ2v) is 5.41. The Morgan fingerprint density at radius 3 is 2.33 bits per heavy atom. The molecule has 1 aromatic rings. The van der Waals surface area contributed by atoms with E-state index in [1.54, 1.807) is 7.11 Å². The number of aryl methyl sites for hydroxylation is 1. The summed E-state index contributed by atoms with van der Waals surface area (Å²) in [5.74, 6) is 0.871. The molecule has 1 nitrogen and oxygen atoms in total. The van der Waals surface area contributed by atoms with Crippen molar-refractivity contribution in [2.75, 3.05) is 7.11 Å². The van der Waals surface area contributed by atoms with Crippen LogP contribution in [0.4, 0.5) is 0 Å². The second kappa shape index (κ2) is 4.44. The molecule has 0 heterocycles. The van der Waals surface area contributed by atoms with Crippen LogP contribution < -0.4 is 4.74 Å². The summed E-state index contributed by atoms with van der Waals surface area (Å²) < 4.78 is 5.33. The zero-order chi connectivity index (χ0) is 11.6. The molecular weight excluding hydrogens is 208 g/mol. The topological polar surface area (TPSA) is 9.23 Å². The highest BCUT2D eigenvalue weighted by Gasteiger charge is 2.26. The summed E-state index contributed by atoms with van der Waals surface area (Å²) in [7, 11) is 1.68. The summed E-state index contributed by atoms with van der Waals surface area (Å²) in [5, 5.41) is -0.0349. The lowest BCUT2D eigenvalue weighted by Gasteiger charge is -2.27. The third-order valence-corrected chi connectivity index (χ3v) is 3.31. The summed E-state index contributed by atoms with van der Waals surface area (Å²) in [6.07, 6.45) is 0. The molecule has 0 N–H and O–H groups in total. The molecular formula is C13H19ClO. The molecule has 0 aromatic heterocycles. The molecule has 1 aromatic carbocycles. The number of ether oxygens (including phenoxy) is 1. The number of hydrogen-bond acceptors (Lipinski definition) is 1. The van der Waals surface area contributed by atoms with E-state index in [9.17, 15) is 0 Å². The van der Waals surface area contributed by atoms with Gasteiger partial charge in [0.25, 0.3) is 0 Å². The van der Waals surface area contributed by atoms with Crippen LogP contribution in [0.15, 0.2) is 18.2 Å². The quantitative estimate of drug-likeness (QED) is 0.682. The Morgan fingerprint density at radius 1 is 1.27 bits per heavy atom. The van der Waals surface area contributed by atoms with E-state index in [1.807, 2.05) is 12.1 Å². The number of alkyl halides is 1. The van der Waals surface area contributed by atoms with Crippen LogP contribution in [0.5, 0.6) is 5.75 Å². The molecule has 0 saturated heterocycles. The first-order valence-electron chi connectivity index (χ1n) is 5.15. The first-order chi connectivity index (χ1) is 6.86. The molecule has 0 spiro atoms. The van der Waals surface area contributed by atoms with Gasteiger partial charge in [-0.25, -0.2) is 0 Å². The molecule has 0 radical (unpaired) electrons. The van der Waals surface area contributed by atoms with Crippen molar-refractivity contribution in [3.63, 3.8) is 0 Å². The third-order valence-electron chi connectivity index (χ3n) is 2.42. The van der Waals surface area contributed by atoms with Gasteiger partial charge in [0.15, 0.2) is 0 Å². The number of benzene rings is 1. The van der Waals surface area contributed by atoms with Crippen LogP contribution in [0.2, 0.25) is 0 Å². The Labute approximate surface area is 97.4 Å². The van der Waals surface area contributed by atoms with E-state index < -0.39 is 0 Å². The summed E-state index contributed by atoms with van der Waals surface area (Å²) in [4.78, 5) is 0. The van der Waals surface area contributed by atoms with Crippen LogP contribution in [-0.2, 0) is 0 Å². The van der Waals surface area contributed by atoms with Gasteiger partial charge in [-0.1, -0.05) is 38.5 Å². The van der Waals surface area contributed by atoms with Crippen LogP contribution in [0.1, 0.15) is 37.3 Å². The van der Waals surface area contributed by atoms with Crippen molar-refractivity contribution in [2.45, 2.75) is 33.1 Å². The first-order valence-corrected chi connectivity index (χ1v) is 5.58. The summed E-state index contributed by atoms with van der Waals surface area (Å²) in [6, 6.07) is 6.11. The SMILES string of the molecule is COc1ccc(C)cc1C(Cl)C(C)(C)C. The van der Waals surface area contributed by atoms with Gasteiger partial charge < -0.3 is 4.74 Å². The van der Waals surface area contributed by atoms with E-state index in [0.717, 1.165) is 11.3 Å². The normalized spacial score (nSPS) is 13.7. The number of halogens is 1. The summed E-state index contributed by atoms with van der Waals surface area (Å²) in [6.45, 7) is 8.46. The van der Waals surface area contributed by atoms with Gasteiger partial charge in [0.05, 0.1) is 12.5 Å². The van der Waals surface area contributed by atoms with Crippen LogP contribution in [0, 0.1) is 12.3 Å². The number of rotatable bonds is 2. The van der Waals surface area contributed by atoms with Crippen LogP contribution in [-0.4, -0.2) is 7.11 Å². The Bertz CT molecular complexity index is 339. The van der Waals surface area contributed by atoms with E-state index in [0.29, 0.717) is 0 Å². The molecule has 1 rings (SSSR count). The molecule has 1 atom stereocenters. The maximum atomic E-state index is 6.46. The van der Waals surface area contributed by atoms with Crippen molar-refractivity contribution >= 4 is 11.6 Å². The molecule has 1 unspecified atom stereocenters. The summed E-state index contributed by atoms with van der Waals surface area (Å²) >= 11 is 6.46. The second-order valence-electron chi connectivity index (χ2n) is 4.97. The van der Waals surface area contributed by atoms with Gasteiger partial charge in [0.2, 0.25) is 0 Å². The van der Waals surface area contributed by atoms with Crippen molar-refractivity contribution < 1.29 is 4.74 Å². The first kappa shape index (κ1) is 12.4. The average molecular weight is 227 g/mol. The molecule has 2 heteroatoms. The van der Waals surface area contributed by atoms with E-state index in [1.165, 1.54) is 5.56 Å². The lowest BCUT2D eigenvalue weighted by atomic mass is 9.86. The Balaban J connectivity index is 3.17. The van der Waals surface area contributed by atoms with Crippen LogP contribution >= 0.6 is 11.6 Å². The molecule has 0 saturated carbocycles. The molecule has 0 aliphatic rings. The smallest absolute Gasteiger partial charge is 0.123 e. The summed E-state index contributed by atoms with van der Waals surface area (Å²) in [5.41, 5.74) is 2.31. The number of methoxy groups -OCH3 is 1. The van der Waals surface area contributed by atoms with Gasteiger partial charge in [-0.05, 0) is 18.4 Å². The predicted molar refractivity (Wildman–Crippen MR) is 65.8 cm³/mol. The molecule has 0 aliphatic heterocycles. The monoisotopic (exact) mass is 226 g/mol. The van der Waals surface area contributed by atoms with E-state index in [-0.39, 0.29) is 10.8 Å². The molecule has 0 amide bonds. The molecule has 0 aliphatic carbocycles. The largest absolute Gasteiger partial charge is 0.496 e. The van der Waals surface area contributed by atoms with Gasteiger partial charge in [-0.2, -0.15) is 0 Å². The molecule has 84 valence electrons. The number of hydrogen-bond donors (Lipinski definition) is 0. The van der Waals surface area contributed by atoms with E-state index >= 15 is 0 Å². The fourth-order valence-corrected chi connectivity index (χ4v) is 1.69. The van der Waals surface area contributed by atoms with Gasteiger partial charge in [0.1, 0.15) is 5.75 Å². The van der Waals surface area contributed by atoms with Gasteiger partial charge in [-0.15, -0.1) is 11.6 Å². The Kier molecular flexibility index (Phi) is 3.67. The van der Waals surface area contributed by atoms with Crippen molar-refractivity contribution in [2.24, 2.45) is 5.41 Å². The van der Waals surface area contributed by atoms with Gasteiger partial charge in [-0.3, -0.25) is 0 Å². The average Bonchev–Trinajstić information content (AvgIpc) is 2.15. The highest BCUT2D eigenvalue weighted by atomic mass is 35.5. The Hall–Kier alpha value is -0.690. The van der Waals surface area contributed by atoms with Crippen LogP contribution in [0.25, 0.3) is 0 Å². The zero-order valence-electron chi connectivity index (χ0n) is 10.1. The fourth-order valence-electron chi connectivity index (χ4n) is 1.52. The molecule has 0 bridgehead atoms. The van der Waals surface area contributed by atoms with Crippen molar-refractivity contribution in [3.05, 3.63) is 29.3 Å². The van der Waals surface area contributed by atoms with E-state index in [4.69, 9.17) is 16.3 Å². The maximum absolute atomic E-state index is 6.46. The predicted octanol–water partition coefficient (Wildman–Crippen LogP) is 4.33. The lowest BCUT2D eigenvalue weighted by Crippen LogP contribution is -2.14. The Morgan fingerprint density at radius 2 is 1.87 bits per heavy atom. The van der Waals surface area contributed by atoms with Crippen molar-refractivity contribution in [1.82, 2.24) is 0 Å². The molecule has 0 fully saturated rings. The third kappa shape index (κ3) is 2.88. The fraction of sp³-hybridized carbons (Fsp3) is 0.538. The maximum Gasteiger partial charge on any atom is 0.123 e. The zero-order valence-corrected chi connectivity index (χ0v) is 10.9. The van der Waals surface area contributed by atoms with Gasteiger partial charge >= 0.3 is 0 Å². The molecule has 15 heavy (non-hydrogen) atoms. The highest BCUT2D eigenvalue weighted by Crippen LogP contribution is 2.42. The van der Waals surface area contributed by atoms with Crippen LogP contribution in [0.3, 0.4) is 0 Å². The highest BCUT2D eigenvalue weighted by molar-refractivity contribution is 6.21. The minimum Gasteiger partial charge on any atom is -0.496 e. The lowest BCUT2D eigenvalue weighted by molar-refractivity contribution is 0.369. The van der Waals surface area contributed by atoms with Gasteiger partial charge in [0, 0.05) is 5.56 Å². The standard InChI is InChI=1S/C13H19ClO/c1-9-6-7-11(15-5)10(8-9)12(14)13(2,3)4/h6-8,12H,1-5H3. The minimum atomic E-state index is -0.0349.